The highest BCUT2D eigenvalue weighted by Gasteiger charge is 2.25. The molecule has 3 aliphatic rings. The molecule has 7 aromatic rings. The monoisotopic (exact) mass is 737 g/mol. The molecule has 0 spiro atoms. The molecule has 3 aliphatic carbocycles. The molecule has 2 unspecified atom stereocenters. The molecule has 0 N–H and O–H groups in total. The maximum absolute atomic E-state index is 14.9. The number of hydrogen-bond acceptors (Lipinski definition) is 1. The summed E-state index contributed by atoms with van der Waals surface area (Å²) in [6.45, 7) is 1.96. The molecule has 1 nitrogen and oxygen atoms in total. The summed E-state index contributed by atoms with van der Waals surface area (Å²) in [7, 11) is 0. The summed E-state index contributed by atoms with van der Waals surface area (Å²) in [6.07, 6.45) is 22.6. The van der Waals surface area contributed by atoms with E-state index in [1.54, 1.807) is 6.08 Å². The van der Waals surface area contributed by atoms with Crippen molar-refractivity contribution in [2.75, 3.05) is 4.90 Å². The van der Waals surface area contributed by atoms with Crippen LogP contribution in [0, 0.1) is 5.92 Å². The number of anilines is 2. The molecular formula is C55H44FN. The molecule has 0 saturated heterocycles. The van der Waals surface area contributed by atoms with Gasteiger partial charge in [-0.3, -0.25) is 0 Å². The molecule has 57 heavy (non-hydrogen) atoms. The van der Waals surface area contributed by atoms with Crippen LogP contribution in [0.2, 0.25) is 0 Å². The van der Waals surface area contributed by atoms with Gasteiger partial charge in [-0.2, -0.15) is 0 Å². The van der Waals surface area contributed by atoms with Crippen molar-refractivity contribution in [3.63, 3.8) is 0 Å². The largest absolute Gasteiger partial charge is 0.311 e. The van der Waals surface area contributed by atoms with Crippen molar-refractivity contribution in [2.45, 2.75) is 38.8 Å². The van der Waals surface area contributed by atoms with Crippen molar-refractivity contribution in [1.29, 1.82) is 0 Å². The average molecular weight is 738 g/mol. The minimum absolute atomic E-state index is 0.234. The van der Waals surface area contributed by atoms with Crippen molar-refractivity contribution >= 4 is 54.8 Å². The van der Waals surface area contributed by atoms with Gasteiger partial charge in [0.05, 0.1) is 0 Å². The van der Waals surface area contributed by atoms with Crippen molar-refractivity contribution < 1.29 is 4.39 Å². The predicted octanol–water partition coefficient (Wildman–Crippen LogP) is 15.5. The van der Waals surface area contributed by atoms with E-state index in [0.29, 0.717) is 0 Å². The van der Waals surface area contributed by atoms with Crippen molar-refractivity contribution in [2.24, 2.45) is 5.92 Å². The Balaban J connectivity index is 1.28. The first-order valence-electron chi connectivity index (χ1n) is 20.4. The summed E-state index contributed by atoms with van der Waals surface area (Å²) >= 11 is 0. The smallest absolute Gasteiger partial charge is 0.125 e. The highest BCUT2D eigenvalue weighted by atomic mass is 19.1. The molecule has 0 aromatic heterocycles. The van der Waals surface area contributed by atoms with E-state index >= 15 is 0 Å². The van der Waals surface area contributed by atoms with Crippen molar-refractivity contribution in [1.82, 2.24) is 0 Å². The van der Waals surface area contributed by atoms with E-state index in [2.05, 4.69) is 181 Å². The van der Waals surface area contributed by atoms with E-state index < -0.39 is 6.17 Å². The molecule has 0 amide bonds. The summed E-state index contributed by atoms with van der Waals surface area (Å²) in [5.74, 6) is -0.234. The first kappa shape index (κ1) is 34.9. The van der Waals surface area contributed by atoms with E-state index in [1.807, 2.05) is 13.0 Å². The second-order valence-electron chi connectivity index (χ2n) is 15.5. The fourth-order valence-electron chi connectivity index (χ4n) is 9.12. The van der Waals surface area contributed by atoms with Gasteiger partial charge >= 0.3 is 0 Å². The van der Waals surface area contributed by atoms with Gasteiger partial charge in [0.15, 0.2) is 0 Å². The number of halogens is 1. The third kappa shape index (κ3) is 6.36. The molecule has 0 radical (unpaired) electrons. The predicted molar refractivity (Wildman–Crippen MR) is 242 cm³/mol. The highest BCUT2D eigenvalue weighted by molar-refractivity contribution is 6.32. The van der Waals surface area contributed by atoms with Gasteiger partial charge in [-0.05, 0) is 145 Å². The number of nitrogens with zero attached hydrogens (tertiary/aromatic N) is 1. The molecule has 10 rings (SSSR count). The van der Waals surface area contributed by atoms with Crippen LogP contribution in [0.1, 0.15) is 43.7 Å². The van der Waals surface area contributed by atoms with Crippen LogP contribution in [-0.2, 0) is 0 Å². The van der Waals surface area contributed by atoms with E-state index in [1.165, 1.54) is 76.8 Å². The zero-order valence-corrected chi connectivity index (χ0v) is 32.2. The Morgan fingerprint density at radius 3 is 2.02 bits per heavy atom. The Morgan fingerprint density at radius 1 is 0.579 bits per heavy atom. The Hall–Kier alpha value is -6.51. The number of hydrogen-bond donors (Lipinski definition) is 0. The number of fused-ring (bicyclic) bond motifs is 6. The second kappa shape index (κ2) is 14.9. The standard InChI is InChI=1S/C55H44FN/c1-37-34-44(31-33-52(37)56)57(43-28-26-39(27-29-43)38-16-6-2-7-17-38)45-30-32-48-51(35-45)46-24-14-15-25-47(46)54-50(41-20-10-4-11-21-41)36-49(40-18-8-3-9-19-40)53(55(48)54)42-22-12-5-13-23-42/h2,4-6,8,10-16,18-37,52H,3,7,9,17H2,1H3. The first-order chi connectivity index (χ1) is 28.1. The molecule has 0 heterocycles. The number of rotatable bonds is 7. The fourth-order valence-corrected chi connectivity index (χ4v) is 9.12. The van der Waals surface area contributed by atoms with Crippen LogP contribution in [0.3, 0.4) is 0 Å². The molecule has 276 valence electrons. The van der Waals surface area contributed by atoms with E-state index in [9.17, 15) is 4.39 Å². The van der Waals surface area contributed by atoms with Crippen LogP contribution < -0.4 is 4.90 Å². The highest BCUT2D eigenvalue weighted by Crippen LogP contribution is 2.49. The average Bonchev–Trinajstić information content (AvgIpc) is 3.28. The lowest BCUT2D eigenvalue weighted by Crippen LogP contribution is -2.21. The van der Waals surface area contributed by atoms with Crippen LogP contribution in [-0.4, -0.2) is 6.17 Å². The van der Waals surface area contributed by atoms with Gasteiger partial charge in [0.1, 0.15) is 6.17 Å². The molecule has 2 atom stereocenters. The van der Waals surface area contributed by atoms with Crippen LogP contribution in [0.25, 0.3) is 65.7 Å². The van der Waals surface area contributed by atoms with Gasteiger partial charge in [-0.15, -0.1) is 0 Å². The van der Waals surface area contributed by atoms with Crippen LogP contribution >= 0.6 is 0 Å². The van der Waals surface area contributed by atoms with Crippen LogP contribution in [0.15, 0.2) is 194 Å². The van der Waals surface area contributed by atoms with Crippen molar-refractivity contribution in [3.8, 4) is 22.3 Å². The number of alkyl halides is 1. The summed E-state index contributed by atoms with van der Waals surface area (Å²) < 4.78 is 14.9. The minimum atomic E-state index is -1.00. The fraction of sp³-hybridized carbons (Fsp3) is 0.127. The van der Waals surface area contributed by atoms with Crippen LogP contribution in [0.5, 0.6) is 0 Å². The Labute approximate surface area is 334 Å². The second-order valence-corrected chi connectivity index (χ2v) is 15.5. The Kier molecular flexibility index (Phi) is 9.11. The molecule has 2 heteroatoms. The number of allylic oxidation sites excluding steroid dienone is 11. The van der Waals surface area contributed by atoms with Gasteiger partial charge in [0.2, 0.25) is 0 Å². The van der Waals surface area contributed by atoms with Gasteiger partial charge in [-0.1, -0.05) is 153 Å². The zero-order chi connectivity index (χ0) is 38.3. The summed E-state index contributed by atoms with van der Waals surface area (Å²) in [6, 6.07) is 49.0. The van der Waals surface area contributed by atoms with Gasteiger partial charge in [0, 0.05) is 23.0 Å². The minimum Gasteiger partial charge on any atom is -0.311 e. The van der Waals surface area contributed by atoms with Gasteiger partial charge in [0.25, 0.3) is 0 Å². The van der Waals surface area contributed by atoms with E-state index in [4.69, 9.17) is 0 Å². The van der Waals surface area contributed by atoms with Crippen LogP contribution in [0.4, 0.5) is 15.8 Å². The lowest BCUT2D eigenvalue weighted by atomic mass is 9.80. The third-order valence-corrected chi connectivity index (χ3v) is 12.0. The lowest BCUT2D eigenvalue weighted by Gasteiger charge is -2.30. The first-order valence-corrected chi connectivity index (χ1v) is 20.4. The summed E-state index contributed by atoms with van der Waals surface area (Å²) in [4.78, 5) is 2.30. The van der Waals surface area contributed by atoms with Gasteiger partial charge < -0.3 is 4.90 Å². The van der Waals surface area contributed by atoms with E-state index in [0.717, 1.165) is 42.8 Å². The molecule has 0 fully saturated rings. The normalized spacial score (nSPS) is 17.8. The van der Waals surface area contributed by atoms with E-state index in [-0.39, 0.29) is 5.92 Å². The summed E-state index contributed by atoms with van der Waals surface area (Å²) in [5, 5.41) is 7.36. The molecule has 7 aromatic carbocycles. The zero-order valence-electron chi connectivity index (χ0n) is 32.2. The molecule has 0 bridgehead atoms. The number of benzene rings is 7. The molecule has 0 saturated carbocycles. The summed E-state index contributed by atoms with van der Waals surface area (Å²) in [5.41, 5.74) is 13.1. The third-order valence-electron chi connectivity index (χ3n) is 12.0. The molecular weight excluding hydrogens is 694 g/mol. The lowest BCUT2D eigenvalue weighted by molar-refractivity contribution is 0.332. The maximum atomic E-state index is 14.9. The van der Waals surface area contributed by atoms with Gasteiger partial charge in [-0.25, -0.2) is 4.39 Å². The SMILES string of the molecule is CC1C=C(N(c2ccc(C3=CC=CCC3)cc2)c2ccc3c(c2)c2ccccc2c2c(-c4ccccc4)cc(C4=CCCC=C4)c(-c4ccccc4)c32)C=CC1F. The Morgan fingerprint density at radius 2 is 1.30 bits per heavy atom. The molecule has 0 aliphatic heterocycles. The maximum Gasteiger partial charge on any atom is 0.125 e. The quantitative estimate of drug-likeness (QED) is 0.147. The van der Waals surface area contributed by atoms with Crippen molar-refractivity contribution in [3.05, 3.63) is 205 Å². The topological polar surface area (TPSA) is 3.24 Å². The Bertz CT molecular complexity index is 2850.